The Morgan fingerprint density at radius 2 is 2.05 bits per heavy atom. The monoisotopic (exact) mass is 379 g/mol. The maximum atomic E-state index is 11.8. The molecule has 0 spiro atoms. The number of halogens is 1. The average Bonchev–Trinajstić information content (AvgIpc) is 2.27. The van der Waals surface area contributed by atoms with E-state index in [1.165, 1.54) is 19.1 Å². The summed E-state index contributed by atoms with van der Waals surface area (Å²) in [6, 6.07) is 4.54. The molecule has 0 saturated heterocycles. The molecule has 0 aliphatic heterocycles. The maximum absolute atomic E-state index is 11.8. The smallest absolute Gasteiger partial charge is 0.306 e. The van der Waals surface area contributed by atoms with Gasteiger partial charge >= 0.3 is 5.97 Å². The van der Waals surface area contributed by atoms with Gasteiger partial charge in [-0.15, -0.1) is 0 Å². The van der Waals surface area contributed by atoms with Crippen molar-refractivity contribution in [1.82, 2.24) is 5.32 Å². The lowest BCUT2D eigenvalue weighted by atomic mass is 10.0. The molecule has 1 aromatic rings. The van der Waals surface area contributed by atoms with Crippen molar-refractivity contribution in [1.29, 1.82) is 0 Å². The number of carboxylic acid groups (broad SMARTS) is 1. The third kappa shape index (κ3) is 5.03. The number of amides is 1. The summed E-state index contributed by atoms with van der Waals surface area (Å²) in [4.78, 5) is 22.3. The van der Waals surface area contributed by atoms with Gasteiger partial charge in [0.15, 0.2) is 0 Å². The molecule has 6 nitrogen and oxygen atoms in total. The van der Waals surface area contributed by atoms with Crippen molar-refractivity contribution in [3.8, 4) is 5.75 Å². The van der Waals surface area contributed by atoms with Gasteiger partial charge in [0.2, 0.25) is 0 Å². The van der Waals surface area contributed by atoms with Gasteiger partial charge < -0.3 is 20.6 Å². The van der Waals surface area contributed by atoms with E-state index in [9.17, 15) is 19.8 Å². The van der Waals surface area contributed by atoms with Crippen molar-refractivity contribution in [2.75, 3.05) is 6.54 Å². The second-order valence-corrected chi connectivity index (χ2v) is 5.66. The molecule has 0 heterocycles. The molecule has 0 aromatic heterocycles. The van der Waals surface area contributed by atoms with E-state index >= 15 is 0 Å². The number of rotatable bonds is 5. The van der Waals surface area contributed by atoms with Crippen molar-refractivity contribution < 1.29 is 24.9 Å². The number of aromatic hydroxyl groups is 1. The number of hydrogen-bond acceptors (Lipinski definition) is 4. The van der Waals surface area contributed by atoms with Crippen molar-refractivity contribution in [3.05, 3.63) is 27.3 Å². The fraction of sp³-hybridized carbons (Fsp3) is 0.333. The molecule has 0 aliphatic carbocycles. The van der Waals surface area contributed by atoms with Gasteiger partial charge in [0.1, 0.15) is 5.75 Å². The summed E-state index contributed by atoms with van der Waals surface area (Å²) in [7, 11) is 0. The Kier molecular flexibility index (Phi) is 5.12. The van der Waals surface area contributed by atoms with Crippen LogP contribution in [0.25, 0.3) is 0 Å². The number of aliphatic carboxylic acids is 1. The Balaban J connectivity index is 2.70. The molecule has 0 fully saturated rings. The first-order valence-electron chi connectivity index (χ1n) is 5.42. The highest BCUT2D eigenvalue weighted by Crippen LogP contribution is 2.19. The van der Waals surface area contributed by atoms with Crippen LogP contribution in [0.3, 0.4) is 0 Å². The molecular weight excluding hydrogens is 365 g/mol. The van der Waals surface area contributed by atoms with E-state index in [-0.39, 0.29) is 17.9 Å². The minimum Gasteiger partial charge on any atom is -0.507 e. The van der Waals surface area contributed by atoms with Crippen molar-refractivity contribution >= 4 is 34.5 Å². The summed E-state index contributed by atoms with van der Waals surface area (Å²) in [6.45, 7) is 1.10. The lowest BCUT2D eigenvalue weighted by molar-refractivity contribution is -0.141. The van der Waals surface area contributed by atoms with Crippen molar-refractivity contribution in [2.24, 2.45) is 0 Å². The summed E-state index contributed by atoms with van der Waals surface area (Å²) in [5, 5.41) is 30.3. The molecule has 0 aliphatic rings. The highest BCUT2D eigenvalue weighted by Gasteiger charge is 2.25. The number of hydrogen-bond donors (Lipinski definition) is 4. The first-order valence-corrected chi connectivity index (χ1v) is 6.50. The highest BCUT2D eigenvalue weighted by molar-refractivity contribution is 14.1. The summed E-state index contributed by atoms with van der Waals surface area (Å²) in [5.74, 6) is -1.89. The molecule has 1 amide bonds. The van der Waals surface area contributed by atoms with Crippen LogP contribution >= 0.6 is 22.6 Å². The molecule has 7 heteroatoms. The molecule has 0 saturated carbocycles. The number of carbonyl (C=O) groups is 2. The second kappa shape index (κ2) is 6.20. The quantitative estimate of drug-likeness (QED) is 0.570. The third-order valence-corrected chi connectivity index (χ3v) is 3.04. The predicted octanol–water partition coefficient (Wildman–Crippen LogP) is 0.952. The van der Waals surface area contributed by atoms with Crippen LogP contribution in [0.4, 0.5) is 0 Å². The fourth-order valence-electron chi connectivity index (χ4n) is 1.44. The summed E-state index contributed by atoms with van der Waals surface area (Å²) in [5.41, 5.74) is -1.46. The second-order valence-electron chi connectivity index (χ2n) is 4.41. The summed E-state index contributed by atoms with van der Waals surface area (Å²) in [6.07, 6.45) is -0.481. The normalized spacial score (nSPS) is 13.6. The standard InChI is InChI=1S/C12H14INO5/c1-12(19,5-10(16)17)6-14-11(18)8-4-7(13)2-3-9(8)15/h2-4,15,19H,5-6H2,1H3,(H,14,18)(H,16,17). The van der Waals surface area contributed by atoms with Crippen LogP contribution in [0.1, 0.15) is 23.7 Å². The van der Waals surface area contributed by atoms with Crippen LogP contribution in [0.5, 0.6) is 5.75 Å². The van der Waals surface area contributed by atoms with E-state index in [0.717, 1.165) is 3.57 Å². The van der Waals surface area contributed by atoms with Crippen LogP contribution in [0.15, 0.2) is 18.2 Å². The Hall–Kier alpha value is -1.35. The van der Waals surface area contributed by atoms with E-state index in [1.54, 1.807) is 6.07 Å². The summed E-state index contributed by atoms with van der Waals surface area (Å²) >= 11 is 2.00. The highest BCUT2D eigenvalue weighted by atomic mass is 127. The van der Waals surface area contributed by atoms with Crippen LogP contribution in [0, 0.1) is 3.57 Å². The molecule has 0 bridgehead atoms. The van der Waals surface area contributed by atoms with E-state index in [0.29, 0.717) is 0 Å². The maximum Gasteiger partial charge on any atom is 0.306 e. The van der Waals surface area contributed by atoms with Gasteiger partial charge in [-0.2, -0.15) is 0 Å². The van der Waals surface area contributed by atoms with Gasteiger partial charge in [0.25, 0.3) is 5.91 Å². The SMILES string of the molecule is CC(O)(CNC(=O)c1cc(I)ccc1O)CC(=O)O. The number of nitrogens with one attached hydrogen (secondary N) is 1. The van der Waals surface area contributed by atoms with Gasteiger partial charge in [-0.1, -0.05) is 0 Å². The van der Waals surface area contributed by atoms with Gasteiger partial charge in [0, 0.05) is 10.1 Å². The molecule has 1 rings (SSSR count). The minimum atomic E-state index is -1.54. The molecular formula is C12H14INO5. The predicted molar refractivity (Wildman–Crippen MR) is 76.0 cm³/mol. The molecule has 1 aromatic carbocycles. The Bertz CT molecular complexity index is 501. The van der Waals surface area contributed by atoms with Crippen LogP contribution in [0.2, 0.25) is 0 Å². The topological polar surface area (TPSA) is 107 Å². The Morgan fingerprint density at radius 3 is 2.63 bits per heavy atom. The molecule has 4 N–H and O–H groups in total. The van der Waals surface area contributed by atoms with E-state index in [2.05, 4.69) is 5.32 Å². The van der Waals surface area contributed by atoms with Crippen molar-refractivity contribution in [2.45, 2.75) is 18.9 Å². The Morgan fingerprint density at radius 1 is 1.42 bits per heavy atom. The molecule has 0 radical (unpaired) electrons. The van der Waals surface area contributed by atoms with E-state index < -0.39 is 23.9 Å². The van der Waals surface area contributed by atoms with Gasteiger partial charge in [0.05, 0.1) is 17.6 Å². The number of carboxylic acids is 1. The zero-order valence-corrected chi connectivity index (χ0v) is 12.3. The molecule has 1 atom stereocenters. The first-order chi connectivity index (χ1) is 8.71. The molecule has 1 unspecified atom stereocenters. The van der Waals surface area contributed by atoms with Gasteiger partial charge in [-0.3, -0.25) is 9.59 Å². The number of phenols is 1. The largest absolute Gasteiger partial charge is 0.507 e. The zero-order chi connectivity index (χ0) is 14.6. The molecule has 19 heavy (non-hydrogen) atoms. The Labute approximate surface area is 123 Å². The van der Waals surface area contributed by atoms with Crippen LogP contribution < -0.4 is 5.32 Å². The average molecular weight is 379 g/mol. The first kappa shape index (κ1) is 15.7. The third-order valence-electron chi connectivity index (χ3n) is 2.37. The van der Waals surface area contributed by atoms with Crippen LogP contribution in [-0.4, -0.2) is 39.3 Å². The lowest BCUT2D eigenvalue weighted by Crippen LogP contribution is -2.42. The van der Waals surface area contributed by atoms with E-state index in [4.69, 9.17) is 5.11 Å². The number of aliphatic hydroxyl groups is 1. The minimum absolute atomic E-state index is 0.0815. The van der Waals surface area contributed by atoms with Gasteiger partial charge in [-0.05, 0) is 47.7 Å². The van der Waals surface area contributed by atoms with Crippen LogP contribution in [-0.2, 0) is 4.79 Å². The number of phenolic OH excluding ortho intramolecular Hbond substituents is 1. The van der Waals surface area contributed by atoms with Gasteiger partial charge in [-0.25, -0.2) is 0 Å². The zero-order valence-electron chi connectivity index (χ0n) is 10.2. The fourth-order valence-corrected chi connectivity index (χ4v) is 1.94. The number of carbonyl (C=O) groups excluding carboxylic acids is 1. The number of benzene rings is 1. The summed E-state index contributed by atoms with van der Waals surface area (Å²) < 4.78 is 0.776. The van der Waals surface area contributed by atoms with E-state index in [1.807, 2.05) is 22.6 Å². The lowest BCUT2D eigenvalue weighted by Gasteiger charge is -2.21. The van der Waals surface area contributed by atoms with Crippen molar-refractivity contribution in [3.63, 3.8) is 0 Å². The molecule has 104 valence electrons.